The van der Waals surface area contributed by atoms with Gasteiger partial charge < -0.3 is 9.97 Å². The van der Waals surface area contributed by atoms with E-state index >= 15 is 87.8 Å². The quantitative estimate of drug-likeness (QED) is 0.105. The number of benzene rings is 12. The zero-order valence-corrected chi connectivity index (χ0v) is 56.2. The van der Waals surface area contributed by atoms with E-state index in [0.717, 1.165) is 24.3 Å². The monoisotopic (exact) mass is 1530 g/mol. The number of H-pyrrole nitrogens is 2. The molecular formula is C88H38F20N4. The van der Waals surface area contributed by atoms with Crippen molar-refractivity contribution in [1.29, 1.82) is 0 Å². The summed E-state index contributed by atoms with van der Waals surface area (Å²) in [4.78, 5) is 15.5. The predicted molar refractivity (Wildman–Crippen MR) is 376 cm³/mol. The fourth-order valence-electron chi connectivity index (χ4n) is 19.4. The molecule has 550 valence electrons. The first-order valence-corrected chi connectivity index (χ1v) is 34.9. The van der Waals surface area contributed by atoms with Crippen LogP contribution in [0.1, 0.15) is 126 Å². The summed E-state index contributed by atoms with van der Waals surface area (Å²) in [5.41, 5.74) is -15.9. The summed E-state index contributed by atoms with van der Waals surface area (Å²) in [5, 5.41) is 4.35. The Labute approximate surface area is 615 Å². The van der Waals surface area contributed by atoms with Gasteiger partial charge in [-0.15, -0.1) is 0 Å². The van der Waals surface area contributed by atoms with Crippen molar-refractivity contribution in [3.05, 3.63) is 353 Å². The Bertz CT molecular complexity index is 6770. The van der Waals surface area contributed by atoms with Gasteiger partial charge >= 0.3 is 0 Å². The Morgan fingerprint density at radius 1 is 0.205 bits per heavy atom. The van der Waals surface area contributed by atoms with E-state index in [9.17, 15) is 0 Å². The highest BCUT2D eigenvalue weighted by atomic mass is 19.2. The fourth-order valence-corrected chi connectivity index (χ4v) is 19.4. The number of nitrogens with one attached hydrogen (secondary N) is 2. The second-order valence-corrected chi connectivity index (χ2v) is 28.9. The van der Waals surface area contributed by atoms with E-state index in [4.69, 9.17) is 4.98 Å². The molecule has 14 aromatic rings. The standard InChI is InChI=1S/C88H38F20N4/c89-65-60(66(90)74(98)81(105)73(65)97)53-45-17-19-47(109-45)54(61-67(91)75(99)82(106)76(100)68(61)92)85-56-49-37-21-29-9-1-5-13-33(29)25-41(37)51(42-26-34-14-6-2-10-30(34)22-38(42)49)58(56)87(111-85)64(63-71(95)79(103)84(108)80(104)72(63)96)88-59-52-43-27-35-15-7-3-11-31(35)23-39(43)50(40-24-32-12-4-8-16-36(32)28-44(40)52)57(59)86(112-88)55(48-20-18-46(53)110-48)62-69(93)77(101)83(107)78(102)70(62)94/h1-28,49-52,56-59,109,112H. The molecule has 0 saturated carbocycles. The van der Waals surface area contributed by atoms with Crippen LogP contribution in [0.2, 0.25) is 0 Å². The lowest BCUT2D eigenvalue weighted by atomic mass is 9.51. The Morgan fingerprint density at radius 3 is 0.732 bits per heavy atom. The third-order valence-electron chi connectivity index (χ3n) is 23.8. The highest BCUT2D eigenvalue weighted by Crippen LogP contribution is 2.73. The van der Waals surface area contributed by atoms with Crippen LogP contribution in [0, 0.1) is 116 Å². The lowest BCUT2D eigenvalue weighted by Crippen LogP contribution is -2.36. The summed E-state index contributed by atoms with van der Waals surface area (Å²) in [5.74, 6) is -65.0. The van der Waals surface area contributed by atoms with Gasteiger partial charge in [0, 0.05) is 92.0 Å². The first-order valence-electron chi connectivity index (χ1n) is 34.9. The molecule has 6 aliphatic carbocycles. The average molecular weight is 1530 g/mol. The number of hydrogen-bond donors (Lipinski definition) is 2. The molecule has 23 rings (SSSR count). The summed E-state index contributed by atoms with van der Waals surface area (Å²) in [6, 6.07) is 42.9. The largest absolute Gasteiger partial charge is 0.361 e. The van der Waals surface area contributed by atoms with E-state index in [1.807, 2.05) is 0 Å². The second kappa shape index (κ2) is 23.5. The number of rotatable bonds is 4. The zero-order valence-electron chi connectivity index (χ0n) is 56.2. The third kappa shape index (κ3) is 8.76. The van der Waals surface area contributed by atoms with Crippen molar-refractivity contribution in [1.82, 2.24) is 19.9 Å². The van der Waals surface area contributed by atoms with Crippen LogP contribution in [-0.4, -0.2) is 19.9 Å². The molecule has 0 radical (unpaired) electrons. The summed E-state index contributed by atoms with van der Waals surface area (Å²) in [6.07, 6.45) is 1.49. The minimum atomic E-state index is -2.72. The molecule has 12 aromatic carbocycles. The van der Waals surface area contributed by atoms with Crippen molar-refractivity contribution in [2.24, 2.45) is 0 Å². The van der Waals surface area contributed by atoms with Crippen LogP contribution in [0.3, 0.4) is 0 Å². The molecule has 0 amide bonds. The average Bonchev–Trinajstić information content (AvgIpc) is 1.44. The molecule has 2 N–H and O–H groups in total. The van der Waals surface area contributed by atoms with E-state index in [1.165, 1.54) is 0 Å². The highest BCUT2D eigenvalue weighted by molar-refractivity contribution is 5.98. The van der Waals surface area contributed by atoms with Crippen molar-refractivity contribution in [2.45, 2.75) is 47.3 Å². The molecule has 3 aliphatic heterocycles. The molecule has 0 spiro atoms. The fraction of sp³-hybridized carbons (Fsp3) is 0.0909. The van der Waals surface area contributed by atoms with Crippen LogP contribution in [0.4, 0.5) is 87.8 Å². The van der Waals surface area contributed by atoms with E-state index in [1.54, 1.807) is 146 Å². The Morgan fingerprint density at radius 2 is 0.429 bits per heavy atom. The maximum atomic E-state index is 18.7. The van der Waals surface area contributed by atoms with E-state index in [2.05, 4.69) is 15.0 Å². The van der Waals surface area contributed by atoms with Gasteiger partial charge in [-0.3, -0.25) is 4.98 Å². The molecule has 5 heterocycles. The van der Waals surface area contributed by atoms with Crippen molar-refractivity contribution in [2.75, 3.05) is 0 Å². The lowest BCUT2D eigenvalue weighted by Gasteiger charge is -2.50. The van der Waals surface area contributed by atoms with Gasteiger partial charge in [0.25, 0.3) is 0 Å². The van der Waals surface area contributed by atoms with Crippen molar-refractivity contribution >= 4 is 66.3 Å². The number of aromatic nitrogens is 4. The van der Waals surface area contributed by atoms with E-state index in [-0.39, 0.29) is 0 Å². The summed E-state index contributed by atoms with van der Waals surface area (Å²) < 4.78 is 341. The van der Waals surface area contributed by atoms with Gasteiger partial charge in [0.15, 0.2) is 93.1 Å². The smallest absolute Gasteiger partial charge is 0.200 e. The predicted octanol–water partition coefficient (Wildman–Crippen LogP) is 24.6. The number of hydrogen-bond acceptors (Lipinski definition) is 2. The normalized spacial score (nSPS) is 19.0. The number of fused-ring (bicyclic) bond motifs is 12. The van der Waals surface area contributed by atoms with Crippen LogP contribution in [0.15, 0.2) is 158 Å². The topological polar surface area (TPSA) is 57.4 Å². The molecule has 24 heteroatoms. The van der Waals surface area contributed by atoms with Crippen molar-refractivity contribution < 1.29 is 87.8 Å². The van der Waals surface area contributed by atoms with E-state index < -0.39 is 253 Å². The molecule has 2 aromatic heterocycles. The molecule has 4 nitrogen and oxygen atoms in total. The SMILES string of the molecule is Fc1c(F)c(F)c(-c2c3nc(c(-c4c(F)c(F)c(F)c(F)c4F)c4ccc([nH]4)c(-c4c(F)c(F)c(F)c(F)c4F)c4nc(c(-c5c(F)c(F)c(F)c(F)c5F)c5[nH]c2C2C6c7cc8ccccc8cc7C(c7cc8ccccc8cc76)C52)C2C5c6cc7ccccc7cc6C(c6cc7ccccc7cc65)C42)C=C3)c(F)c1F. The summed E-state index contributed by atoms with van der Waals surface area (Å²) >= 11 is 0. The van der Waals surface area contributed by atoms with Crippen LogP contribution < -0.4 is 0 Å². The number of nitrogens with zero attached hydrogens (tertiary/aromatic N) is 2. The Hall–Kier alpha value is -12.6. The highest BCUT2D eigenvalue weighted by Gasteiger charge is 2.60. The third-order valence-corrected chi connectivity index (χ3v) is 23.8. The van der Waals surface area contributed by atoms with Crippen molar-refractivity contribution in [3.8, 4) is 44.5 Å². The van der Waals surface area contributed by atoms with Gasteiger partial charge in [-0.25, -0.2) is 92.8 Å². The Kier molecular flexibility index (Phi) is 14.2. The molecule has 0 saturated heterocycles. The van der Waals surface area contributed by atoms with Crippen LogP contribution in [-0.2, 0) is 0 Å². The summed E-state index contributed by atoms with van der Waals surface area (Å²) in [7, 11) is 0. The second-order valence-electron chi connectivity index (χ2n) is 28.9. The van der Waals surface area contributed by atoms with E-state index in [0.29, 0.717) is 87.6 Å². The first-order chi connectivity index (χ1) is 53.9. The van der Waals surface area contributed by atoms with Crippen LogP contribution in [0.25, 0.3) is 111 Å². The maximum absolute atomic E-state index is 18.7. The molecule has 112 heavy (non-hydrogen) atoms. The van der Waals surface area contributed by atoms with Gasteiger partial charge in [-0.05, 0) is 112 Å². The molecule has 9 aliphatic rings. The molecule has 0 fully saturated rings. The molecule has 4 atom stereocenters. The maximum Gasteiger partial charge on any atom is 0.200 e. The van der Waals surface area contributed by atoms with Crippen LogP contribution >= 0.6 is 0 Å². The zero-order chi connectivity index (χ0) is 77.3. The summed E-state index contributed by atoms with van der Waals surface area (Å²) in [6.45, 7) is 0. The molecule has 12 bridgehead atoms. The van der Waals surface area contributed by atoms with Gasteiger partial charge in [0.2, 0.25) is 23.3 Å². The Balaban J connectivity index is 1.07. The molecular weight excluding hydrogens is 1490 g/mol. The minimum Gasteiger partial charge on any atom is -0.361 e. The van der Waals surface area contributed by atoms with Crippen LogP contribution in [0.5, 0.6) is 0 Å². The lowest BCUT2D eigenvalue weighted by molar-refractivity contribution is 0.378. The number of halogens is 20. The van der Waals surface area contributed by atoms with Crippen molar-refractivity contribution in [3.63, 3.8) is 0 Å². The number of aromatic amines is 2. The minimum absolute atomic E-state index is 0.371. The van der Waals surface area contributed by atoms with Gasteiger partial charge in [0.1, 0.15) is 0 Å². The van der Waals surface area contributed by atoms with Gasteiger partial charge in [-0.2, -0.15) is 0 Å². The van der Waals surface area contributed by atoms with Gasteiger partial charge in [-0.1, -0.05) is 146 Å². The van der Waals surface area contributed by atoms with Gasteiger partial charge in [0.05, 0.1) is 45.0 Å². The first kappa shape index (κ1) is 67.5. The molecule has 4 unspecified atom stereocenters.